The Bertz CT molecular complexity index is 1200. The maximum atomic E-state index is 14.6. The molecule has 0 bridgehead atoms. The molecule has 0 aromatic heterocycles. The molecule has 3 aliphatic rings. The van der Waals surface area contributed by atoms with Crippen LogP contribution in [0.4, 0.5) is 4.39 Å². The Morgan fingerprint density at radius 2 is 1.77 bits per heavy atom. The van der Waals surface area contributed by atoms with Crippen LogP contribution in [0.1, 0.15) is 35.4 Å². The Hall–Kier alpha value is -3.06. The highest BCUT2D eigenvalue weighted by Gasteiger charge is 2.42. The average Bonchev–Trinajstić information content (AvgIpc) is 3.40. The van der Waals surface area contributed by atoms with E-state index in [0.29, 0.717) is 17.7 Å². The summed E-state index contributed by atoms with van der Waals surface area (Å²) in [6.45, 7) is 0.227. The van der Waals surface area contributed by atoms with Crippen LogP contribution in [0.15, 0.2) is 70.2 Å². The molecule has 2 atom stereocenters. The highest BCUT2D eigenvalue weighted by atomic mass is 79.9. The molecule has 3 aromatic rings. The topological polar surface area (TPSA) is 43.3 Å². The van der Waals surface area contributed by atoms with E-state index in [9.17, 15) is 4.39 Å². The van der Waals surface area contributed by atoms with Gasteiger partial charge in [0.05, 0.1) is 17.3 Å². The van der Waals surface area contributed by atoms with Crippen LogP contribution in [0.5, 0.6) is 17.2 Å². The van der Waals surface area contributed by atoms with Crippen molar-refractivity contribution in [2.24, 2.45) is 5.10 Å². The van der Waals surface area contributed by atoms with Crippen LogP contribution in [-0.4, -0.2) is 17.5 Å². The standard InChI is InChI=1S/C23H16BrFN2O3/c24-14-6-8-20-16(10-14)19-11-18(13-5-7-21-22(9-13)29-12-28-21)26-27(19)23(30-20)15-3-1-2-4-17(15)25/h1-10,19,23H,11-12H2/t19-,23+/m1/s1. The van der Waals surface area contributed by atoms with E-state index in [-0.39, 0.29) is 18.7 Å². The summed E-state index contributed by atoms with van der Waals surface area (Å²) < 4.78 is 32.8. The van der Waals surface area contributed by atoms with E-state index in [0.717, 1.165) is 32.8 Å². The van der Waals surface area contributed by atoms with Gasteiger partial charge < -0.3 is 14.2 Å². The molecule has 3 heterocycles. The lowest BCUT2D eigenvalue weighted by molar-refractivity contribution is -0.0212. The average molecular weight is 467 g/mol. The van der Waals surface area contributed by atoms with Crippen molar-refractivity contribution in [3.05, 3.63) is 87.6 Å². The molecule has 0 saturated carbocycles. The molecule has 7 heteroatoms. The number of nitrogens with zero attached hydrogens (tertiary/aromatic N) is 2. The smallest absolute Gasteiger partial charge is 0.231 e. The summed E-state index contributed by atoms with van der Waals surface area (Å²) in [4.78, 5) is 0. The van der Waals surface area contributed by atoms with E-state index in [2.05, 4.69) is 15.9 Å². The van der Waals surface area contributed by atoms with Gasteiger partial charge in [0.15, 0.2) is 11.5 Å². The zero-order valence-electron chi connectivity index (χ0n) is 15.7. The first kappa shape index (κ1) is 17.8. The van der Waals surface area contributed by atoms with Crippen molar-refractivity contribution in [1.29, 1.82) is 0 Å². The van der Waals surface area contributed by atoms with E-state index >= 15 is 0 Å². The van der Waals surface area contributed by atoms with Crippen LogP contribution < -0.4 is 14.2 Å². The van der Waals surface area contributed by atoms with Crippen LogP contribution in [-0.2, 0) is 0 Å². The lowest BCUT2D eigenvalue weighted by Crippen LogP contribution is -2.34. The molecule has 3 aliphatic heterocycles. The first-order valence-electron chi connectivity index (χ1n) is 9.64. The van der Waals surface area contributed by atoms with Gasteiger partial charge >= 0.3 is 0 Å². The van der Waals surface area contributed by atoms with Gasteiger partial charge in [-0.1, -0.05) is 34.1 Å². The lowest BCUT2D eigenvalue weighted by atomic mass is 9.95. The monoisotopic (exact) mass is 466 g/mol. The van der Waals surface area contributed by atoms with Gasteiger partial charge in [-0.3, -0.25) is 0 Å². The van der Waals surface area contributed by atoms with Gasteiger partial charge in [-0.25, -0.2) is 9.40 Å². The van der Waals surface area contributed by atoms with Gasteiger partial charge in [-0.05, 0) is 42.5 Å². The molecule has 3 aromatic carbocycles. The Balaban J connectivity index is 1.45. The fourth-order valence-corrected chi connectivity index (χ4v) is 4.57. The molecule has 150 valence electrons. The quantitative estimate of drug-likeness (QED) is 0.495. The van der Waals surface area contributed by atoms with Gasteiger partial charge in [-0.2, -0.15) is 5.10 Å². The molecular weight excluding hydrogens is 451 g/mol. The van der Waals surface area contributed by atoms with Gasteiger partial charge in [0.25, 0.3) is 0 Å². The number of hydrogen-bond acceptors (Lipinski definition) is 5. The number of ether oxygens (including phenoxy) is 3. The van der Waals surface area contributed by atoms with Crippen molar-refractivity contribution >= 4 is 21.6 Å². The molecule has 6 rings (SSSR count). The molecule has 5 nitrogen and oxygen atoms in total. The first-order chi connectivity index (χ1) is 14.7. The predicted octanol–water partition coefficient (Wildman–Crippen LogP) is 5.56. The Morgan fingerprint density at radius 3 is 2.67 bits per heavy atom. The minimum Gasteiger partial charge on any atom is -0.464 e. The molecule has 0 N–H and O–H groups in total. The van der Waals surface area contributed by atoms with E-state index in [4.69, 9.17) is 19.3 Å². The van der Waals surface area contributed by atoms with Gasteiger partial charge in [0.2, 0.25) is 13.0 Å². The molecular formula is C23H16BrFN2O3. The minimum atomic E-state index is -0.642. The van der Waals surface area contributed by atoms with E-state index in [1.807, 2.05) is 47.5 Å². The third-order valence-electron chi connectivity index (χ3n) is 5.63. The zero-order chi connectivity index (χ0) is 20.2. The molecule has 0 spiro atoms. The molecule has 30 heavy (non-hydrogen) atoms. The van der Waals surface area contributed by atoms with Crippen LogP contribution in [0, 0.1) is 5.82 Å². The van der Waals surface area contributed by atoms with Crippen molar-refractivity contribution in [1.82, 2.24) is 5.01 Å². The van der Waals surface area contributed by atoms with Crippen molar-refractivity contribution in [2.75, 3.05) is 6.79 Å². The number of hydrazone groups is 1. The predicted molar refractivity (Wildman–Crippen MR) is 112 cm³/mol. The van der Waals surface area contributed by atoms with Crippen LogP contribution in [0.2, 0.25) is 0 Å². The van der Waals surface area contributed by atoms with Crippen LogP contribution >= 0.6 is 15.9 Å². The minimum absolute atomic E-state index is 0.0590. The summed E-state index contributed by atoms with van der Waals surface area (Å²) in [5.41, 5.74) is 3.34. The van der Waals surface area contributed by atoms with E-state index < -0.39 is 6.23 Å². The van der Waals surface area contributed by atoms with Crippen molar-refractivity contribution < 1.29 is 18.6 Å². The SMILES string of the molecule is Fc1ccccc1[C@@H]1Oc2ccc(Br)cc2[C@H]2CC(c3ccc4c(c3)OCO4)=NN21. The molecule has 0 amide bonds. The summed E-state index contributed by atoms with van der Waals surface area (Å²) in [7, 11) is 0. The Morgan fingerprint density at radius 1 is 0.933 bits per heavy atom. The third-order valence-corrected chi connectivity index (χ3v) is 6.12. The fourth-order valence-electron chi connectivity index (χ4n) is 4.19. The third kappa shape index (κ3) is 2.76. The second-order valence-electron chi connectivity index (χ2n) is 7.39. The summed E-state index contributed by atoms with van der Waals surface area (Å²) in [6.07, 6.45) is 0.0358. The summed E-state index contributed by atoms with van der Waals surface area (Å²) in [5.74, 6) is 1.88. The van der Waals surface area contributed by atoms with Crippen molar-refractivity contribution in [3.8, 4) is 17.2 Å². The molecule has 0 unspecified atom stereocenters. The summed E-state index contributed by atoms with van der Waals surface area (Å²) >= 11 is 3.55. The number of rotatable bonds is 2. The largest absolute Gasteiger partial charge is 0.464 e. The Labute approximate surface area is 180 Å². The maximum Gasteiger partial charge on any atom is 0.231 e. The van der Waals surface area contributed by atoms with Crippen LogP contribution in [0.3, 0.4) is 0 Å². The zero-order valence-corrected chi connectivity index (χ0v) is 17.3. The molecule has 0 aliphatic carbocycles. The van der Waals surface area contributed by atoms with Crippen molar-refractivity contribution in [2.45, 2.75) is 18.7 Å². The number of halogens is 2. The normalized spacial score (nSPS) is 21.0. The fraction of sp³-hybridized carbons (Fsp3) is 0.174. The van der Waals surface area contributed by atoms with Gasteiger partial charge in [0.1, 0.15) is 11.6 Å². The molecule has 0 fully saturated rings. The van der Waals surface area contributed by atoms with E-state index in [1.165, 1.54) is 6.07 Å². The van der Waals surface area contributed by atoms with Gasteiger partial charge in [0, 0.05) is 22.0 Å². The van der Waals surface area contributed by atoms with Gasteiger partial charge in [-0.15, -0.1) is 0 Å². The van der Waals surface area contributed by atoms with E-state index in [1.54, 1.807) is 12.1 Å². The highest BCUT2D eigenvalue weighted by Crippen LogP contribution is 2.48. The molecule has 0 radical (unpaired) electrons. The second kappa shape index (κ2) is 6.74. The first-order valence-corrected chi connectivity index (χ1v) is 10.4. The summed E-state index contributed by atoms with van der Waals surface area (Å²) in [6, 6.07) is 18.3. The highest BCUT2D eigenvalue weighted by molar-refractivity contribution is 9.10. The van der Waals surface area contributed by atoms with Crippen molar-refractivity contribution in [3.63, 3.8) is 0 Å². The molecule has 0 saturated heterocycles. The number of fused-ring (bicyclic) bond motifs is 4. The number of benzene rings is 3. The lowest BCUT2D eigenvalue weighted by Gasteiger charge is -2.38. The van der Waals surface area contributed by atoms with Crippen LogP contribution in [0.25, 0.3) is 0 Å². The number of hydrogen-bond donors (Lipinski definition) is 0. The summed E-state index contributed by atoms with van der Waals surface area (Å²) in [5, 5.41) is 6.75. The maximum absolute atomic E-state index is 14.6. The Kier molecular flexibility index (Phi) is 3.99. The second-order valence-corrected chi connectivity index (χ2v) is 8.30.